The van der Waals surface area contributed by atoms with Gasteiger partial charge in [0.1, 0.15) is 0 Å². The maximum atomic E-state index is 12.9. The fraction of sp³-hybridized carbons (Fsp3) is 0.478. The molecule has 1 atom stereocenters. The van der Waals surface area contributed by atoms with Crippen molar-refractivity contribution in [3.05, 3.63) is 39.5 Å². The van der Waals surface area contributed by atoms with Crippen molar-refractivity contribution in [1.29, 1.82) is 0 Å². The molecule has 3 aromatic heterocycles. The molecule has 3 heterocycles. The van der Waals surface area contributed by atoms with E-state index in [1.54, 1.807) is 25.3 Å². The number of carbonyl (C=O) groups excluding carboxylic acids is 3. The molecule has 1 N–H and O–H groups in total. The molecule has 0 aliphatic heterocycles. The van der Waals surface area contributed by atoms with Crippen LogP contribution in [0.5, 0.6) is 0 Å². The van der Waals surface area contributed by atoms with Gasteiger partial charge in [0.15, 0.2) is 6.10 Å². The van der Waals surface area contributed by atoms with Crippen LogP contribution in [-0.2, 0) is 20.7 Å². The largest absolute Gasteiger partial charge is 0.462 e. The molecule has 0 amide bonds. The third kappa shape index (κ3) is 4.98. The van der Waals surface area contributed by atoms with E-state index in [1.807, 2.05) is 20.1 Å². The van der Waals surface area contributed by atoms with Gasteiger partial charge in [-0.3, -0.25) is 9.59 Å². The second-order valence-electron chi connectivity index (χ2n) is 7.91. The Hall–Kier alpha value is -3.21. The zero-order chi connectivity index (χ0) is 25.2. The van der Waals surface area contributed by atoms with Crippen LogP contribution < -0.4 is 0 Å². The van der Waals surface area contributed by atoms with Crippen molar-refractivity contribution in [3.8, 4) is 0 Å². The summed E-state index contributed by atoms with van der Waals surface area (Å²) in [5.74, 6) is -0.892. The number of aromatic amines is 1. The van der Waals surface area contributed by atoms with Gasteiger partial charge in [-0.1, -0.05) is 11.8 Å². The molecule has 0 unspecified atom stereocenters. The fourth-order valence-corrected chi connectivity index (χ4v) is 4.22. The van der Waals surface area contributed by atoms with E-state index in [1.165, 1.54) is 18.7 Å². The lowest BCUT2D eigenvalue weighted by atomic mass is 10.1. The number of esters is 2. The highest BCUT2D eigenvalue weighted by molar-refractivity contribution is 7.98. The van der Waals surface area contributed by atoms with Gasteiger partial charge in [-0.2, -0.15) is 4.98 Å². The number of Topliss-reactive ketones (excluding diaryl/α,β-unsaturated/α-hetero) is 1. The third-order valence-corrected chi connectivity index (χ3v) is 6.17. The number of nitrogens with zero attached hydrogens (tertiary/aromatic N) is 4. The highest BCUT2D eigenvalue weighted by Gasteiger charge is 2.27. The molecule has 0 bridgehead atoms. The number of ketones is 1. The van der Waals surface area contributed by atoms with Crippen molar-refractivity contribution in [2.75, 3.05) is 12.9 Å². The summed E-state index contributed by atoms with van der Waals surface area (Å²) in [5.41, 5.74) is 4.09. The topological polar surface area (TPSA) is 129 Å². The van der Waals surface area contributed by atoms with Gasteiger partial charge < -0.3 is 14.5 Å². The Morgan fingerprint density at radius 1 is 1.15 bits per heavy atom. The van der Waals surface area contributed by atoms with Gasteiger partial charge in [0.2, 0.25) is 10.9 Å². The Morgan fingerprint density at radius 3 is 2.50 bits per heavy atom. The van der Waals surface area contributed by atoms with E-state index < -0.39 is 23.8 Å². The molecule has 0 spiro atoms. The van der Waals surface area contributed by atoms with E-state index in [4.69, 9.17) is 9.47 Å². The number of aromatic nitrogens is 5. The van der Waals surface area contributed by atoms with Crippen LogP contribution in [0.15, 0.2) is 5.16 Å². The van der Waals surface area contributed by atoms with Crippen LogP contribution in [0.2, 0.25) is 0 Å². The maximum Gasteiger partial charge on any atom is 0.340 e. The number of ether oxygens (including phenoxy) is 2. The number of thioether (sulfide) groups is 1. The number of H-pyrrole nitrogens is 1. The number of hydrogen-bond donors (Lipinski definition) is 1. The average molecular weight is 488 g/mol. The standard InChI is InChI=1S/C23H29N5O5S/c1-8-32-21(31)18-11(2)19(24-13(18)4)20(30)15(6)33-17(29)10-9-16-12(3)25-22-26-23(34-7)27-28(22)14(16)5/h15,24H,8-10H2,1-7H3/t15-/m0/s1. The highest BCUT2D eigenvalue weighted by Crippen LogP contribution is 2.22. The third-order valence-electron chi connectivity index (χ3n) is 5.63. The zero-order valence-corrected chi connectivity index (χ0v) is 21.3. The first kappa shape index (κ1) is 25.4. The molecule has 0 saturated carbocycles. The van der Waals surface area contributed by atoms with Crippen LogP contribution in [-0.4, -0.2) is 61.3 Å². The van der Waals surface area contributed by atoms with E-state index in [9.17, 15) is 14.4 Å². The van der Waals surface area contributed by atoms with Gasteiger partial charge in [0.25, 0.3) is 5.78 Å². The summed E-state index contributed by atoms with van der Waals surface area (Å²) < 4.78 is 12.1. The van der Waals surface area contributed by atoms with Crippen molar-refractivity contribution in [2.45, 2.75) is 65.6 Å². The number of carbonyl (C=O) groups is 3. The summed E-state index contributed by atoms with van der Waals surface area (Å²) >= 11 is 1.43. The van der Waals surface area contributed by atoms with E-state index in [-0.39, 0.29) is 18.7 Å². The number of aryl methyl sites for hydroxylation is 3. The Kier molecular flexibility index (Phi) is 7.75. The molecule has 0 radical (unpaired) electrons. The smallest absolute Gasteiger partial charge is 0.340 e. The van der Waals surface area contributed by atoms with Gasteiger partial charge in [0, 0.05) is 23.5 Å². The van der Waals surface area contributed by atoms with E-state index in [2.05, 4.69) is 20.1 Å². The van der Waals surface area contributed by atoms with Gasteiger partial charge in [-0.15, -0.1) is 5.10 Å². The quantitative estimate of drug-likeness (QED) is 0.274. The molecule has 0 saturated heterocycles. The first-order chi connectivity index (χ1) is 16.1. The average Bonchev–Trinajstić information content (AvgIpc) is 3.33. The minimum Gasteiger partial charge on any atom is -0.462 e. The molecule has 11 heteroatoms. The number of hydrogen-bond acceptors (Lipinski definition) is 9. The summed E-state index contributed by atoms with van der Waals surface area (Å²) in [6.07, 6.45) is 1.35. The monoisotopic (exact) mass is 487 g/mol. The van der Waals surface area contributed by atoms with Crippen LogP contribution in [0, 0.1) is 27.7 Å². The van der Waals surface area contributed by atoms with E-state index >= 15 is 0 Å². The summed E-state index contributed by atoms with van der Waals surface area (Å²) in [6, 6.07) is 0. The minimum atomic E-state index is -1.01. The van der Waals surface area contributed by atoms with E-state index in [0.717, 1.165) is 17.0 Å². The van der Waals surface area contributed by atoms with Crippen molar-refractivity contribution >= 4 is 35.3 Å². The lowest BCUT2D eigenvalue weighted by molar-refractivity contribution is -0.146. The Bertz CT molecular complexity index is 1260. The van der Waals surface area contributed by atoms with Crippen LogP contribution in [0.25, 0.3) is 5.78 Å². The summed E-state index contributed by atoms with van der Waals surface area (Å²) in [5, 5.41) is 5.04. The van der Waals surface area contributed by atoms with Crippen LogP contribution in [0.4, 0.5) is 0 Å². The fourth-order valence-electron chi connectivity index (χ4n) is 3.88. The molecular weight excluding hydrogens is 458 g/mol. The predicted octanol–water partition coefficient (Wildman–Crippen LogP) is 3.33. The molecule has 34 heavy (non-hydrogen) atoms. The Labute approximate surface area is 201 Å². The lowest BCUT2D eigenvalue weighted by Crippen LogP contribution is -2.25. The molecule has 3 rings (SSSR count). The van der Waals surface area contributed by atoms with E-state index in [0.29, 0.717) is 34.2 Å². The molecule has 0 aliphatic rings. The van der Waals surface area contributed by atoms with Crippen LogP contribution >= 0.6 is 11.8 Å². The molecular formula is C23H29N5O5S. The minimum absolute atomic E-state index is 0.0768. The SMILES string of the molecule is CCOC(=O)c1c(C)[nH]c(C(=O)[C@H](C)OC(=O)CCc2c(C)nc3nc(SC)nn3c2C)c1C. The van der Waals surface area contributed by atoms with Gasteiger partial charge in [0.05, 0.1) is 17.9 Å². The first-order valence-corrected chi connectivity index (χ1v) is 12.2. The molecule has 0 aromatic carbocycles. The van der Waals surface area contributed by atoms with Crippen molar-refractivity contribution < 1.29 is 23.9 Å². The Balaban J connectivity index is 1.68. The van der Waals surface area contributed by atoms with Gasteiger partial charge >= 0.3 is 11.9 Å². The summed E-state index contributed by atoms with van der Waals surface area (Å²) in [7, 11) is 0. The van der Waals surface area contributed by atoms with Gasteiger partial charge in [-0.25, -0.2) is 14.3 Å². The Morgan fingerprint density at radius 2 is 1.85 bits per heavy atom. The van der Waals surface area contributed by atoms with Crippen LogP contribution in [0.1, 0.15) is 69.3 Å². The lowest BCUT2D eigenvalue weighted by Gasteiger charge is -2.13. The highest BCUT2D eigenvalue weighted by atomic mass is 32.2. The summed E-state index contributed by atoms with van der Waals surface area (Å²) in [6.45, 7) is 10.6. The zero-order valence-electron chi connectivity index (χ0n) is 20.4. The molecule has 10 nitrogen and oxygen atoms in total. The second kappa shape index (κ2) is 10.4. The number of rotatable bonds is 9. The molecule has 182 valence electrons. The molecule has 3 aromatic rings. The summed E-state index contributed by atoms with van der Waals surface area (Å²) in [4.78, 5) is 49.4. The van der Waals surface area contributed by atoms with Crippen LogP contribution in [0.3, 0.4) is 0 Å². The van der Waals surface area contributed by atoms with Crippen molar-refractivity contribution in [3.63, 3.8) is 0 Å². The van der Waals surface area contributed by atoms with Crippen molar-refractivity contribution in [2.24, 2.45) is 0 Å². The predicted molar refractivity (Wildman–Crippen MR) is 126 cm³/mol. The first-order valence-electron chi connectivity index (χ1n) is 11.0. The van der Waals surface area contributed by atoms with Gasteiger partial charge in [-0.05, 0) is 65.3 Å². The normalized spacial score (nSPS) is 12.1. The molecule has 0 aliphatic carbocycles. The number of nitrogens with one attached hydrogen (secondary N) is 1. The maximum absolute atomic E-state index is 12.9. The second-order valence-corrected chi connectivity index (χ2v) is 8.69. The van der Waals surface area contributed by atoms with Crippen molar-refractivity contribution in [1.82, 2.24) is 24.6 Å². The number of fused-ring (bicyclic) bond motifs is 1. The molecule has 0 fully saturated rings.